The van der Waals surface area contributed by atoms with Crippen molar-refractivity contribution in [2.45, 2.75) is 24.0 Å². The molecule has 2 N–H and O–H groups in total. The zero-order valence-corrected chi connectivity index (χ0v) is 18.3. The fourth-order valence-electron chi connectivity index (χ4n) is 3.45. The number of hydrogen-bond donors (Lipinski definition) is 1. The number of alkyl halides is 3. The van der Waals surface area contributed by atoms with E-state index in [-0.39, 0.29) is 35.2 Å². The molecule has 1 saturated heterocycles. The zero-order valence-electron chi connectivity index (χ0n) is 16.7. The fraction of sp³-hybridized carbons (Fsp3) is 0.300. The van der Waals surface area contributed by atoms with Gasteiger partial charge in [-0.15, -0.1) is 0 Å². The lowest BCUT2D eigenvalue weighted by Crippen LogP contribution is -2.59. The van der Waals surface area contributed by atoms with Crippen LogP contribution in [0.25, 0.3) is 0 Å². The van der Waals surface area contributed by atoms with E-state index in [9.17, 15) is 26.4 Å². The summed E-state index contributed by atoms with van der Waals surface area (Å²) >= 11 is 6.04. The molecular weight excluding hydrogens is 469 g/mol. The van der Waals surface area contributed by atoms with Gasteiger partial charge in [0.15, 0.2) is 0 Å². The van der Waals surface area contributed by atoms with Gasteiger partial charge >= 0.3 is 6.18 Å². The first-order valence-electron chi connectivity index (χ1n) is 9.30. The summed E-state index contributed by atoms with van der Waals surface area (Å²) in [6.07, 6.45) is -4.78. The molecule has 2 aromatic rings. The number of nitriles is 1. The highest BCUT2D eigenvalue weighted by Gasteiger charge is 2.39. The van der Waals surface area contributed by atoms with Crippen molar-refractivity contribution < 1.29 is 26.4 Å². The largest absolute Gasteiger partial charge is 0.417 e. The second-order valence-electron chi connectivity index (χ2n) is 7.23. The van der Waals surface area contributed by atoms with Crippen molar-refractivity contribution in [1.82, 2.24) is 4.31 Å². The lowest BCUT2D eigenvalue weighted by Gasteiger charge is -2.40. The van der Waals surface area contributed by atoms with Crippen LogP contribution in [0.3, 0.4) is 0 Å². The maximum Gasteiger partial charge on any atom is 0.417 e. The molecular formula is C20H18ClF3N4O3S. The van der Waals surface area contributed by atoms with E-state index >= 15 is 0 Å². The summed E-state index contributed by atoms with van der Waals surface area (Å²) in [4.78, 5) is 13.4. The van der Waals surface area contributed by atoms with Crippen LogP contribution in [-0.4, -0.2) is 44.3 Å². The first-order chi connectivity index (χ1) is 14.9. The van der Waals surface area contributed by atoms with Crippen molar-refractivity contribution in [1.29, 1.82) is 5.26 Å². The van der Waals surface area contributed by atoms with Crippen LogP contribution >= 0.6 is 11.6 Å². The van der Waals surface area contributed by atoms with Crippen molar-refractivity contribution in [2.24, 2.45) is 5.73 Å². The highest BCUT2D eigenvalue weighted by atomic mass is 35.5. The molecule has 0 aliphatic carbocycles. The molecule has 1 aliphatic heterocycles. The Bertz CT molecular complexity index is 1210. The highest BCUT2D eigenvalue weighted by Crippen LogP contribution is 2.35. The van der Waals surface area contributed by atoms with Crippen LogP contribution in [0.15, 0.2) is 41.3 Å². The fourth-order valence-corrected chi connectivity index (χ4v) is 5.16. The molecule has 0 aromatic heterocycles. The van der Waals surface area contributed by atoms with Gasteiger partial charge in [0.25, 0.3) is 0 Å². The van der Waals surface area contributed by atoms with Crippen molar-refractivity contribution in [3.63, 3.8) is 0 Å². The number of primary amides is 1. The average Bonchev–Trinajstić information content (AvgIpc) is 2.74. The Kier molecular flexibility index (Phi) is 6.42. The number of sulfonamides is 1. The Morgan fingerprint density at radius 2 is 1.91 bits per heavy atom. The second-order valence-corrected chi connectivity index (χ2v) is 9.57. The number of nitrogens with two attached hydrogens (primary N) is 1. The number of halogens is 4. The predicted octanol–water partition coefficient (Wildman–Crippen LogP) is 2.90. The second kappa shape index (κ2) is 8.61. The molecule has 3 rings (SSSR count). The van der Waals surface area contributed by atoms with Gasteiger partial charge in [-0.25, -0.2) is 8.42 Å². The van der Waals surface area contributed by atoms with E-state index in [1.54, 1.807) is 13.0 Å². The Morgan fingerprint density at radius 3 is 2.47 bits per heavy atom. The Balaban J connectivity index is 1.95. The van der Waals surface area contributed by atoms with Crippen LogP contribution in [-0.2, 0) is 21.0 Å². The van der Waals surface area contributed by atoms with Crippen LogP contribution in [0.5, 0.6) is 0 Å². The Morgan fingerprint density at radius 1 is 1.22 bits per heavy atom. The van der Waals surface area contributed by atoms with Crippen molar-refractivity contribution in [3.8, 4) is 6.07 Å². The Labute approximate surface area is 187 Å². The van der Waals surface area contributed by atoms with E-state index in [4.69, 9.17) is 22.6 Å². The molecule has 7 nitrogen and oxygen atoms in total. The van der Waals surface area contributed by atoms with Gasteiger partial charge in [0.2, 0.25) is 15.9 Å². The van der Waals surface area contributed by atoms with Crippen molar-refractivity contribution in [3.05, 3.63) is 58.1 Å². The molecule has 32 heavy (non-hydrogen) atoms. The minimum Gasteiger partial charge on any atom is -0.368 e. The van der Waals surface area contributed by atoms with Crippen LogP contribution < -0.4 is 10.6 Å². The van der Waals surface area contributed by atoms with Crippen LogP contribution in [0.1, 0.15) is 16.7 Å². The molecule has 1 fully saturated rings. The molecule has 1 amide bonds. The summed E-state index contributed by atoms with van der Waals surface area (Å²) in [5, 5.41) is 9.23. The molecule has 170 valence electrons. The summed E-state index contributed by atoms with van der Waals surface area (Å²) in [5.74, 6) is -0.898. The molecule has 1 atom stereocenters. The number of carbonyl (C=O) groups is 1. The van der Waals surface area contributed by atoms with Gasteiger partial charge in [0.05, 0.1) is 22.1 Å². The number of carbonyl (C=O) groups excluding carboxylic acids is 1. The van der Waals surface area contributed by atoms with Gasteiger partial charge in [-0.2, -0.15) is 22.7 Å². The molecule has 1 aliphatic rings. The van der Waals surface area contributed by atoms with E-state index in [0.29, 0.717) is 5.56 Å². The van der Waals surface area contributed by atoms with Gasteiger partial charge in [0.1, 0.15) is 6.04 Å². The van der Waals surface area contributed by atoms with Gasteiger partial charge in [-0.05, 0) is 42.8 Å². The molecule has 0 bridgehead atoms. The minimum absolute atomic E-state index is 0.00977. The topological polar surface area (TPSA) is 108 Å². The van der Waals surface area contributed by atoms with Gasteiger partial charge < -0.3 is 10.6 Å². The number of nitrogens with zero attached hydrogens (tertiary/aromatic N) is 3. The summed E-state index contributed by atoms with van der Waals surface area (Å²) < 4.78 is 67.2. The molecule has 0 saturated carbocycles. The van der Waals surface area contributed by atoms with E-state index in [2.05, 4.69) is 0 Å². The first kappa shape index (κ1) is 23.8. The highest BCUT2D eigenvalue weighted by molar-refractivity contribution is 7.89. The maximum atomic E-state index is 13.3. The number of benzene rings is 2. The van der Waals surface area contributed by atoms with Gasteiger partial charge in [-0.3, -0.25) is 4.79 Å². The molecule has 1 heterocycles. The van der Waals surface area contributed by atoms with Crippen LogP contribution in [0.4, 0.5) is 18.9 Å². The predicted molar refractivity (Wildman–Crippen MR) is 111 cm³/mol. The molecule has 1 unspecified atom stereocenters. The van der Waals surface area contributed by atoms with Gasteiger partial charge in [-0.1, -0.05) is 17.7 Å². The lowest BCUT2D eigenvalue weighted by atomic mass is 10.0. The average molecular weight is 487 g/mol. The maximum absolute atomic E-state index is 13.3. The summed E-state index contributed by atoms with van der Waals surface area (Å²) in [6, 6.07) is 7.55. The third-order valence-corrected chi connectivity index (χ3v) is 7.48. The number of piperazine rings is 1. The minimum atomic E-state index is -4.78. The van der Waals surface area contributed by atoms with Crippen LogP contribution in [0, 0.1) is 18.3 Å². The van der Waals surface area contributed by atoms with E-state index < -0.39 is 39.3 Å². The normalized spacial score (nSPS) is 17.8. The number of anilines is 1. The summed E-state index contributed by atoms with van der Waals surface area (Å²) in [5.41, 5.74) is 4.45. The molecule has 0 radical (unpaired) electrons. The zero-order chi connectivity index (χ0) is 23.8. The summed E-state index contributed by atoms with van der Waals surface area (Å²) in [6.45, 7) is 1.17. The van der Waals surface area contributed by atoms with E-state index in [1.165, 1.54) is 29.2 Å². The molecule has 2 aromatic carbocycles. The van der Waals surface area contributed by atoms with E-state index in [0.717, 1.165) is 16.4 Å². The van der Waals surface area contributed by atoms with Gasteiger partial charge in [0, 0.05) is 30.3 Å². The smallest absolute Gasteiger partial charge is 0.368 e. The number of rotatable bonds is 4. The third kappa shape index (κ3) is 4.53. The van der Waals surface area contributed by atoms with Crippen molar-refractivity contribution >= 4 is 33.2 Å². The quantitative estimate of drug-likeness (QED) is 0.715. The molecule has 12 heteroatoms. The molecule has 0 spiro atoms. The SMILES string of the molecule is Cc1ccc(S(=O)(=O)N2CCN(c3ccc(C#N)c(C(F)(F)F)c3)C(C(N)=O)C2)cc1Cl. The number of aryl methyl sites for hydroxylation is 1. The summed E-state index contributed by atoms with van der Waals surface area (Å²) in [7, 11) is -4.02. The van der Waals surface area contributed by atoms with Crippen molar-refractivity contribution in [2.75, 3.05) is 24.5 Å². The number of hydrogen-bond acceptors (Lipinski definition) is 5. The standard InChI is InChI=1S/C20H18ClF3N4O3S/c1-12-2-5-15(9-17(12)21)32(30,31)27-6-7-28(18(11-27)19(26)29)14-4-3-13(10-25)16(8-14)20(22,23)24/h2-5,8-9,18H,6-7,11H2,1H3,(H2,26,29). The van der Waals surface area contributed by atoms with Crippen LogP contribution in [0.2, 0.25) is 5.02 Å². The number of amides is 1. The third-order valence-electron chi connectivity index (χ3n) is 5.21. The van der Waals surface area contributed by atoms with E-state index in [1.807, 2.05) is 0 Å². The first-order valence-corrected chi connectivity index (χ1v) is 11.1. The Hall–Kier alpha value is -2.81. The lowest BCUT2D eigenvalue weighted by molar-refractivity contribution is -0.137. The monoisotopic (exact) mass is 486 g/mol.